The highest BCUT2D eigenvalue weighted by atomic mass is 32.2. The Balaban J connectivity index is 1.78. The minimum atomic E-state index is -3.27. The molecule has 2 N–H and O–H groups in total. The average Bonchev–Trinajstić information content (AvgIpc) is 2.70. The van der Waals surface area contributed by atoms with Crippen molar-refractivity contribution in [2.24, 2.45) is 0 Å². The van der Waals surface area contributed by atoms with Gasteiger partial charge in [0.2, 0.25) is 0 Å². The molecule has 2 aromatic rings. The molecule has 2 aromatic carbocycles. The van der Waals surface area contributed by atoms with Gasteiger partial charge in [-0.2, -0.15) is 0 Å². The molecule has 0 aliphatic heterocycles. The van der Waals surface area contributed by atoms with Crippen molar-refractivity contribution in [1.29, 1.82) is 0 Å². The van der Waals surface area contributed by atoms with Gasteiger partial charge in [0.05, 0.1) is 10.6 Å². The van der Waals surface area contributed by atoms with E-state index in [0.29, 0.717) is 23.5 Å². The second kappa shape index (κ2) is 11.5. The third kappa shape index (κ3) is 7.72. The van der Waals surface area contributed by atoms with Crippen molar-refractivity contribution >= 4 is 21.6 Å². The predicted molar refractivity (Wildman–Crippen MR) is 114 cm³/mol. The van der Waals surface area contributed by atoms with Gasteiger partial charge in [-0.15, -0.1) is 0 Å². The Hall–Kier alpha value is -2.34. The van der Waals surface area contributed by atoms with Crippen molar-refractivity contribution in [3.63, 3.8) is 0 Å². The van der Waals surface area contributed by atoms with E-state index in [-0.39, 0.29) is 11.8 Å². The first-order valence-corrected chi connectivity index (χ1v) is 11.6. The van der Waals surface area contributed by atoms with Crippen LogP contribution in [0.5, 0.6) is 0 Å². The quantitative estimate of drug-likeness (QED) is 0.511. The smallest absolute Gasteiger partial charge is 0.319 e. The van der Waals surface area contributed by atoms with E-state index in [0.717, 1.165) is 18.4 Å². The van der Waals surface area contributed by atoms with Crippen molar-refractivity contribution < 1.29 is 13.2 Å². The summed E-state index contributed by atoms with van der Waals surface area (Å²) < 4.78 is 24.8. The largest absolute Gasteiger partial charge is 0.334 e. The minimum absolute atomic E-state index is 0.170. The Morgan fingerprint density at radius 2 is 1.50 bits per heavy atom. The third-order valence-electron chi connectivity index (χ3n) is 4.53. The monoisotopic (exact) mass is 402 g/mol. The zero-order chi connectivity index (χ0) is 20.2. The van der Waals surface area contributed by atoms with Crippen LogP contribution in [0.4, 0.5) is 10.5 Å². The second-order valence-electron chi connectivity index (χ2n) is 6.90. The van der Waals surface area contributed by atoms with Crippen LogP contribution >= 0.6 is 0 Å². The molecule has 28 heavy (non-hydrogen) atoms. The maximum Gasteiger partial charge on any atom is 0.319 e. The van der Waals surface area contributed by atoms with Crippen molar-refractivity contribution in [3.8, 4) is 0 Å². The van der Waals surface area contributed by atoms with E-state index in [1.54, 1.807) is 24.3 Å². The number of rotatable bonds is 11. The number of carbonyl (C=O) groups is 1. The maximum atomic E-state index is 12.4. The Morgan fingerprint density at radius 1 is 0.857 bits per heavy atom. The normalized spacial score (nSPS) is 11.2. The van der Waals surface area contributed by atoms with Gasteiger partial charge >= 0.3 is 6.03 Å². The number of anilines is 1. The lowest BCUT2D eigenvalue weighted by Crippen LogP contribution is -2.28. The van der Waals surface area contributed by atoms with Gasteiger partial charge in [0.15, 0.2) is 9.84 Å². The molecule has 0 fully saturated rings. The number of urea groups is 1. The Kier molecular flexibility index (Phi) is 9.01. The fraction of sp³-hybridized carbons (Fsp3) is 0.409. The zero-order valence-corrected chi connectivity index (χ0v) is 17.3. The summed E-state index contributed by atoms with van der Waals surface area (Å²) in [6, 6.07) is 15.6. The van der Waals surface area contributed by atoms with Crippen LogP contribution in [0.3, 0.4) is 0 Å². The molecular formula is C22H30N2O3S. The molecule has 0 aliphatic rings. The molecule has 0 aliphatic carbocycles. The van der Waals surface area contributed by atoms with Crippen LogP contribution in [0.1, 0.15) is 51.0 Å². The summed E-state index contributed by atoms with van der Waals surface area (Å²) in [4.78, 5) is 12.3. The van der Waals surface area contributed by atoms with Gasteiger partial charge in [0.25, 0.3) is 0 Å². The van der Waals surface area contributed by atoms with E-state index in [4.69, 9.17) is 0 Å². The summed E-state index contributed by atoms with van der Waals surface area (Å²) in [6.45, 7) is 2.59. The van der Waals surface area contributed by atoms with E-state index in [1.807, 2.05) is 30.3 Å². The summed E-state index contributed by atoms with van der Waals surface area (Å²) in [5.41, 5.74) is 1.57. The predicted octanol–water partition coefficient (Wildman–Crippen LogP) is 5.14. The number of unbranched alkanes of at least 4 members (excludes halogenated alkanes) is 5. The van der Waals surface area contributed by atoms with Gasteiger partial charge in [-0.1, -0.05) is 69.4 Å². The number of carbonyl (C=O) groups excluding carboxylic acids is 1. The van der Waals surface area contributed by atoms with Crippen LogP contribution in [0.2, 0.25) is 0 Å². The molecule has 0 unspecified atom stereocenters. The van der Waals surface area contributed by atoms with Crippen LogP contribution in [-0.2, 0) is 16.4 Å². The molecule has 0 radical (unpaired) electrons. The SMILES string of the molecule is CCCCCCCCS(=O)(=O)c1ccc(NC(=O)NCc2ccccc2)cc1. The van der Waals surface area contributed by atoms with Gasteiger partial charge in [-0.05, 0) is 36.2 Å². The maximum absolute atomic E-state index is 12.4. The summed E-state index contributed by atoms with van der Waals surface area (Å²) in [7, 11) is -3.27. The highest BCUT2D eigenvalue weighted by Gasteiger charge is 2.14. The molecule has 0 aromatic heterocycles. The minimum Gasteiger partial charge on any atom is -0.334 e. The second-order valence-corrected chi connectivity index (χ2v) is 9.01. The van der Waals surface area contributed by atoms with Crippen molar-refractivity contribution in [3.05, 3.63) is 60.2 Å². The summed E-state index contributed by atoms with van der Waals surface area (Å²) >= 11 is 0. The molecule has 0 atom stereocenters. The first-order valence-electron chi connectivity index (χ1n) is 9.93. The Bertz CT molecular complexity index is 819. The van der Waals surface area contributed by atoms with Crippen LogP contribution in [0.15, 0.2) is 59.5 Å². The first-order chi connectivity index (χ1) is 13.5. The number of benzene rings is 2. The van der Waals surface area contributed by atoms with Gasteiger partial charge in [0.1, 0.15) is 0 Å². The molecule has 2 rings (SSSR count). The van der Waals surface area contributed by atoms with Crippen LogP contribution in [0.25, 0.3) is 0 Å². The Labute approximate surface area is 168 Å². The number of hydrogen-bond donors (Lipinski definition) is 2. The molecule has 2 amide bonds. The van der Waals surface area contributed by atoms with E-state index in [2.05, 4.69) is 17.6 Å². The number of sulfone groups is 1. The molecular weight excluding hydrogens is 372 g/mol. The van der Waals surface area contributed by atoms with Crippen molar-refractivity contribution in [2.75, 3.05) is 11.1 Å². The highest BCUT2D eigenvalue weighted by Crippen LogP contribution is 2.17. The van der Waals surface area contributed by atoms with Gasteiger partial charge in [-0.3, -0.25) is 0 Å². The van der Waals surface area contributed by atoms with Gasteiger partial charge in [0, 0.05) is 12.2 Å². The molecule has 0 heterocycles. The summed E-state index contributed by atoms with van der Waals surface area (Å²) in [6.07, 6.45) is 6.28. The van der Waals surface area contributed by atoms with Crippen LogP contribution in [-0.4, -0.2) is 20.2 Å². The molecule has 5 nitrogen and oxygen atoms in total. The van der Waals surface area contributed by atoms with Crippen LogP contribution in [0, 0.1) is 0 Å². The topological polar surface area (TPSA) is 75.3 Å². The first kappa shape index (κ1) is 22.0. The van der Waals surface area contributed by atoms with Gasteiger partial charge in [-0.25, -0.2) is 13.2 Å². The molecule has 0 spiro atoms. The lowest BCUT2D eigenvalue weighted by molar-refractivity contribution is 0.251. The van der Waals surface area contributed by atoms with E-state index in [1.165, 1.54) is 19.3 Å². The standard InChI is InChI=1S/C22H30N2O3S/c1-2-3-4-5-6-10-17-28(26,27)21-15-13-20(14-16-21)24-22(25)23-18-19-11-8-7-9-12-19/h7-9,11-16H,2-6,10,17-18H2,1H3,(H2,23,24,25). The summed E-state index contributed by atoms with van der Waals surface area (Å²) in [5, 5.41) is 5.49. The molecule has 0 saturated heterocycles. The van der Waals surface area contributed by atoms with E-state index in [9.17, 15) is 13.2 Å². The average molecular weight is 403 g/mol. The van der Waals surface area contributed by atoms with E-state index >= 15 is 0 Å². The highest BCUT2D eigenvalue weighted by molar-refractivity contribution is 7.91. The number of amides is 2. The Morgan fingerprint density at radius 3 is 2.18 bits per heavy atom. The zero-order valence-electron chi connectivity index (χ0n) is 16.5. The van der Waals surface area contributed by atoms with Crippen LogP contribution < -0.4 is 10.6 Å². The van der Waals surface area contributed by atoms with E-state index < -0.39 is 9.84 Å². The molecule has 0 saturated carbocycles. The molecule has 0 bridgehead atoms. The molecule has 152 valence electrons. The number of hydrogen-bond acceptors (Lipinski definition) is 3. The number of nitrogens with one attached hydrogen (secondary N) is 2. The molecule has 6 heteroatoms. The van der Waals surface area contributed by atoms with Gasteiger partial charge < -0.3 is 10.6 Å². The lowest BCUT2D eigenvalue weighted by Gasteiger charge is -2.09. The fourth-order valence-electron chi connectivity index (χ4n) is 2.89. The van der Waals surface area contributed by atoms with Crippen molar-refractivity contribution in [2.45, 2.75) is 56.9 Å². The fourth-order valence-corrected chi connectivity index (χ4v) is 4.26. The lowest BCUT2D eigenvalue weighted by atomic mass is 10.1. The third-order valence-corrected chi connectivity index (χ3v) is 6.35. The van der Waals surface area contributed by atoms with Crippen molar-refractivity contribution in [1.82, 2.24) is 5.32 Å². The summed E-state index contributed by atoms with van der Waals surface area (Å²) in [5.74, 6) is 0.170.